The summed E-state index contributed by atoms with van der Waals surface area (Å²) in [5.41, 5.74) is 1.44. The molecule has 0 bridgehead atoms. The van der Waals surface area contributed by atoms with Gasteiger partial charge >= 0.3 is 12.1 Å². The number of nitrogens with one attached hydrogen (secondary N) is 4. The fourth-order valence-electron chi connectivity index (χ4n) is 2.37. The first-order valence-electron chi connectivity index (χ1n) is 9.03. The molecule has 0 saturated heterocycles. The van der Waals surface area contributed by atoms with E-state index in [-0.39, 0.29) is 26.1 Å². The Kier molecular flexibility index (Phi) is 8.84. The number of hydrogen-bond donors (Lipinski definition) is 4. The zero-order valence-electron chi connectivity index (χ0n) is 16.3. The monoisotopic (exact) mass is 417 g/mol. The Balaban J connectivity index is 1.67. The van der Waals surface area contributed by atoms with Crippen molar-refractivity contribution in [2.45, 2.75) is 19.1 Å². The smallest absolute Gasteiger partial charge is 0.407 e. The van der Waals surface area contributed by atoms with Gasteiger partial charge in [-0.25, -0.2) is 14.6 Å². The van der Waals surface area contributed by atoms with Crippen LogP contribution < -0.4 is 16.0 Å². The van der Waals surface area contributed by atoms with Crippen molar-refractivity contribution in [1.82, 2.24) is 25.9 Å². The first kappa shape index (κ1) is 22.4. The molecule has 0 unspecified atom stereocenters. The number of amides is 3. The van der Waals surface area contributed by atoms with Gasteiger partial charge in [0.25, 0.3) is 0 Å². The predicted molar refractivity (Wildman–Crippen MR) is 104 cm³/mol. The zero-order chi connectivity index (χ0) is 21.8. The highest BCUT2D eigenvalue weighted by molar-refractivity contribution is 5.89. The third kappa shape index (κ3) is 8.00. The second-order valence-corrected chi connectivity index (χ2v) is 6.12. The van der Waals surface area contributed by atoms with E-state index in [4.69, 9.17) is 4.74 Å². The number of hydrogen-bond acceptors (Lipinski definition) is 7. The van der Waals surface area contributed by atoms with Gasteiger partial charge in [-0.3, -0.25) is 9.59 Å². The van der Waals surface area contributed by atoms with Crippen LogP contribution in [0.1, 0.15) is 11.3 Å². The molecule has 11 heteroatoms. The molecule has 0 fully saturated rings. The average molecular weight is 417 g/mol. The number of carbonyl (C=O) groups excluding carboxylic acids is 4. The largest absolute Gasteiger partial charge is 0.467 e. The number of benzene rings is 1. The van der Waals surface area contributed by atoms with E-state index in [0.29, 0.717) is 5.69 Å². The van der Waals surface area contributed by atoms with Crippen molar-refractivity contribution in [3.8, 4) is 0 Å². The van der Waals surface area contributed by atoms with E-state index in [0.717, 1.165) is 5.56 Å². The topological polar surface area (TPSA) is 152 Å². The lowest BCUT2D eigenvalue weighted by Gasteiger charge is -2.16. The van der Waals surface area contributed by atoms with Crippen molar-refractivity contribution in [2.75, 3.05) is 20.2 Å². The van der Waals surface area contributed by atoms with Crippen LogP contribution >= 0.6 is 0 Å². The molecule has 0 aliphatic rings. The lowest BCUT2D eigenvalue weighted by Crippen LogP contribution is -2.48. The maximum atomic E-state index is 12.0. The molecule has 4 N–H and O–H groups in total. The van der Waals surface area contributed by atoms with Crippen LogP contribution in [-0.4, -0.2) is 60.1 Å². The Morgan fingerprint density at radius 1 is 1.07 bits per heavy atom. The molecule has 0 aliphatic heterocycles. The summed E-state index contributed by atoms with van der Waals surface area (Å²) in [5, 5.41) is 7.10. The maximum Gasteiger partial charge on any atom is 0.407 e. The molecule has 0 spiro atoms. The van der Waals surface area contributed by atoms with E-state index >= 15 is 0 Å². The Hall–Kier alpha value is -3.89. The Bertz CT molecular complexity index is 840. The second kappa shape index (κ2) is 11.8. The molecule has 30 heavy (non-hydrogen) atoms. The highest BCUT2D eigenvalue weighted by Gasteiger charge is 2.22. The molecule has 1 aromatic heterocycles. The van der Waals surface area contributed by atoms with E-state index < -0.39 is 29.9 Å². The van der Waals surface area contributed by atoms with Crippen LogP contribution in [0.25, 0.3) is 0 Å². The normalized spacial score (nSPS) is 11.1. The van der Waals surface area contributed by atoms with Gasteiger partial charge in [0.2, 0.25) is 11.8 Å². The summed E-state index contributed by atoms with van der Waals surface area (Å²) >= 11 is 0. The fourth-order valence-corrected chi connectivity index (χ4v) is 2.37. The van der Waals surface area contributed by atoms with Crippen LogP contribution in [-0.2, 0) is 36.9 Å². The molecule has 3 amide bonds. The summed E-state index contributed by atoms with van der Waals surface area (Å²) in [5.74, 6) is -1.82. The highest BCUT2D eigenvalue weighted by atomic mass is 16.5. The van der Waals surface area contributed by atoms with Crippen LogP contribution in [0, 0.1) is 0 Å². The molecule has 1 heterocycles. The first-order valence-corrected chi connectivity index (χ1v) is 9.03. The molecule has 160 valence electrons. The van der Waals surface area contributed by atoms with Gasteiger partial charge in [-0.15, -0.1) is 0 Å². The van der Waals surface area contributed by atoms with E-state index in [2.05, 4.69) is 30.7 Å². The van der Waals surface area contributed by atoms with Crippen LogP contribution in [0.15, 0.2) is 42.9 Å². The lowest BCUT2D eigenvalue weighted by molar-refractivity contribution is -0.145. The SMILES string of the molecule is COC(=O)[C@H](Cc1cnc[nH]1)NC(=O)CNC(=O)CNC(=O)OCc1ccccc1. The van der Waals surface area contributed by atoms with Gasteiger partial charge in [-0.2, -0.15) is 0 Å². The minimum atomic E-state index is -0.939. The van der Waals surface area contributed by atoms with Crippen LogP contribution in [0.3, 0.4) is 0 Å². The van der Waals surface area contributed by atoms with Crippen molar-refractivity contribution < 1.29 is 28.7 Å². The molecular formula is C19H23N5O6. The van der Waals surface area contributed by atoms with Gasteiger partial charge in [-0.05, 0) is 5.56 Å². The van der Waals surface area contributed by atoms with Crippen molar-refractivity contribution in [3.05, 3.63) is 54.1 Å². The van der Waals surface area contributed by atoms with Crippen molar-refractivity contribution >= 4 is 23.9 Å². The number of methoxy groups -OCH3 is 1. The van der Waals surface area contributed by atoms with Crippen molar-refractivity contribution in [2.24, 2.45) is 0 Å². The Morgan fingerprint density at radius 3 is 2.47 bits per heavy atom. The fraction of sp³-hybridized carbons (Fsp3) is 0.316. The number of H-pyrrole nitrogens is 1. The Morgan fingerprint density at radius 2 is 1.80 bits per heavy atom. The third-order valence-electron chi connectivity index (χ3n) is 3.85. The highest BCUT2D eigenvalue weighted by Crippen LogP contribution is 2.01. The van der Waals surface area contributed by atoms with Gasteiger partial charge in [0.05, 0.1) is 20.0 Å². The predicted octanol–water partition coefficient (Wildman–Crippen LogP) is -0.347. The van der Waals surface area contributed by atoms with E-state index in [9.17, 15) is 19.2 Å². The molecule has 0 saturated carbocycles. The zero-order valence-corrected chi connectivity index (χ0v) is 16.3. The molecule has 0 aliphatic carbocycles. The summed E-state index contributed by atoms with van der Waals surface area (Å²) in [6, 6.07) is 8.13. The molecular weight excluding hydrogens is 394 g/mol. The summed E-state index contributed by atoms with van der Waals surface area (Å²) in [7, 11) is 1.21. The number of aromatic amines is 1. The van der Waals surface area contributed by atoms with Crippen LogP contribution in [0.5, 0.6) is 0 Å². The summed E-state index contributed by atoms with van der Waals surface area (Å²) in [6.45, 7) is -0.673. The molecule has 2 rings (SSSR count). The van der Waals surface area contributed by atoms with Gasteiger partial charge in [-0.1, -0.05) is 30.3 Å². The quantitative estimate of drug-likeness (QED) is 0.386. The van der Waals surface area contributed by atoms with Gasteiger partial charge in [0, 0.05) is 18.3 Å². The van der Waals surface area contributed by atoms with Gasteiger partial charge in [0.15, 0.2) is 0 Å². The number of rotatable bonds is 10. The summed E-state index contributed by atoms with van der Waals surface area (Å²) in [4.78, 5) is 53.9. The molecule has 0 radical (unpaired) electrons. The maximum absolute atomic E-state index is 12.0. The molecule has 1 aromatic carbocycles. The summed E-state index contributed by atoms with van der Waals surface area (Å²) in [6.07, 6.45) is 2.36. The lowest BCUT2D eigenvalue weighted by atomic mass is 10.1. The standard InChI is InChI=1S/C19H23N5O6/c1-29-18(27)15(7-14-8-20-12-23-14)24-17(26)10-21-16(25)9-22-19(28)30-11-13-5-3-2-4-6-13/h2-6,8,12,15H,7,9-11H2,1H3,(H,20,23)(H,21,25)(H,22,28)(H,24,26)/t15-/m0/s1. The summed E-state index contributed by atoms with van der Waals surface area (Å²) < 4.78 is 9.65. The number of alkyl carbamates (subject to hydrolysis) is 1. The molecule has 2 aromatic rings. The third-order valence-corrected chi connectivity index (χ3v) is 3.85. The number of nitrogens with zero attached hydrogens (tertiary/aromatic N) is 1. The van der Waals surface area contributed by atoms with E-state index in [1.807, 2.05) is 18.2 Å². The number of ether oxygens (including phenoxy) is 2. The van der Waals surface area contributed by atoms with E-state index in [1.165, 1.54) is 19.6 Å². The molecule has 1 atom stereocenters. The second-order valence-electron chi connectivity index (χ2n) is 6.12. The number of esters is 1. The van der Waals surface area contributed by atoms with Crippen LogP contribution in [0.4, 0.5) is 4.79 Å². The van der Waals surface area contributed by atoms with E-state index in [1.54, 1.807) is 12.1 Å². The minimum absolute atomic E-state index is 0.0714. The van der Waals surface area contributed by atoms with Crippen LogP contribution in [0.2, 0.25) is 0 Å². The number of carbonyl (C=O) groups is 4. The number of imidazole rings is 1. The van der Waals surface area contributed by atoms with Gasteiger partial charge < -0.3 is 30.4 Å². The molecule has 11 nitrogen and oxygen atoms in total. The van der Waals surface area contributed by atoms with Crippen molar-refractivity contribution in [3.63, 3.8) is 0 Å². The van der Waals surface area contributed by atoms with Crippen molar-refractivity contribution in [1.29, 1.82) is 0 Å². The van der Waals surface area contributed by atoms with Gasteiger partial charge in [0.1, 0.15) is 19.2 Å². The Labute approximate surface area is 172 Å². The average Bonchev–Trinajstić information content (AvgIpc) is 3.27. The number of aromatic nitrogens is 2. The first-order chi connectivity index (χ1) is 14.5. The minimum Gasteiger partial charge on any atom is -0.467 e.